The van der Waals surface area contributed by atoms with Crippen LogP contribution in [0, 0.1) is 0 Å². The summed E-state index contributed by atoms with van der Waals surface area (Å²) in [4.78, 5) is 18.1. The topological polar surface area (TPSA) is 66.5 Å². The fourth-order valence-electron chi connectivity index (χ4n) is 1.90. The normalized spacial score (nSPS) is 13.9. The molecule has 2 rings (SSSR count). The minimum atomic E-state index is -0.00438. The maximum atomic E-state index is 11.6. The van der Waals surface area contributed by atoms with Gasteiger partial charge in [0.15, 0.2) is 0 Å². The van der Waals surface area contributed by atoms with E-state index in [1.165, 1.54) is 0 Å². The zero-order valence-electron chi connectivity index (χ0n) is 12.0. The zero-order chi connectivity index (χ0) is 13.5. The number of nitrogens with one attached hydrogen (secondary N) is 2. The number of hydrogen-bond donors (Lipinski definition) is 2. The van der Waals surface area contributed by atoms with Gasteiger partial charge in [-0.25, -0.2) is 4.98 Å². The van der Waals surface area contributed by atoms with Gasteiger partial charge in [-0.15, -0.1) is 24.8 Å². The fourth-order valence-corrected chi connectivity index (χ4v) is 1.90. The maximum absolute atomic E-state index is 11.6. The van der Waals surface area contributed by atoms with Gasteiger partial charge in [0.2, 0.25) is 5.91 Å². The summed E-state index contributed by atoms with van der Waals surface area (Å²) in [6.07, 6.45) is 2.16. The molecule has 8 heteroatoms. The van der Waals surface area contributed by atoms with Crippen LogP contribution < -0.4 is 15.5 Å². The van der Waals surface area contributed by atoms with Crippen molar-refractivity contribution in [2.45, 2.75) is 6.42 Å². The molecular weight excluding hydrogens is 315 g/mol. The van der Waals surface area contributed by atoms with Crippen LogP contribution in [0.3, 0.4) is 0 Å². The van der Waals surface area contributed by atoms with Crippen LogP contribution in [0.5, 0.6) is 0 Å². The number of pyridine rings is 1. The molecule has 1 aromatic heterocycles. The Labute approximate surface area is 137 Å². The molecule has 0 atom stereocenters. The Morgan fingerprint density at radius 3 is 2.62 bits per heavy atom. The summed E-state index contributed by atoms with van der Waals surface area (Å²) < 4.78 is 5.30. The van der Waals surface area contributed by atoms with Gasteiger partial charge in [0, 0.05) is 26.1 Å². The van der Waals surface area contributed by atoms with Gasteiger partial charge in [0.25, 0.3) is 0 Å². The van der Waals surface area contributed by atoms with E-state index in [4.69, 9.17) is 4.74 Å². The smallest absolute Gasteiger partial charge is 0.225 e. The molecule has 1 saturated heterocycles. The van der Waals surface area contributed by atoms with E-state index in [9.17, 15) is 4.79 Å². The van der Waals surface area contributed by atoms with E-state index in [0.29, 0.717) is 13.0 Å². The number of morpholine rings is 1. The maximum Gasteiger partial charge on any atom is 0.225 e. The molecule has 0 spiro atoms. The lowest BCUT2D eigenvalue weighted by molar-refractivity contribution is -0.116. The summed E-state index contributed by atoms with van der Waals surface area (Å²) in [6.45, 7) is 3.88. The molecule has 120 valence electrons. The highest BCUT2D eigenvalue weighted by molar-refractivity contribution is 5.90. The lowest BCUT2D eigenvalue weighted by atomic mass is 10.3. The number of anilines is 2. The number of amides is 1. The van der Waals surface area contributed by atoms with Crippen molar-refractivity contribution in [1.82, 2.24) is 10.3 Å². The third-order valence-corrected chi connectivity index (χ3v) is 2.97. The molecule has 2 N–H and O–H groups in total. The van der Waals surface area contributed by atoms with Crippen LogP contribution in [-0.4, -0.2) is 50.8 Å². The van der Waals surface area contributed by atoms with E-state index in [-0.39, 0.29) is 30.7 Å². The predicted molar refractivity (Wildman–Crippen MR) is 88.9 cm³/mol. The Bertz CT molecular complexity index is 411. The van der Waals surface area contributed by atoms with Gasteiger partial charge >= 0.3 is 0 Å². The second kappa shape index (κ2) is 10.6. The number of aromatic nitrogens is 1. The highest BCUT2D eigenvalue weighted by atomic mass is 35.5. The van der Waals surface area contributed by atoms with Gasteiger partial charge in [0.1, 0.15) is 5.82 Å². The first-order chi connectivity index (χ1) is 9.29. The van der Waals surface area contributed by atoms with Crippen molar-refractivity contribution < 1.29 is 9.53 Å². The lowest BCUT2D eigenvalue weighted by Gasteiger charge is -2.27. The van der Waals surface area contributed by atoms with Crippen molar-refractivity contribution in [1.29, 1.82) is 0 Å². The summed E-state index contributed by atoms with van der Waals surface area (Å²) in [7, 11) is 1.83. The van der Waals surface area contributed by atoms with Crippen LogP contribution in [-0.2, 0) is 9.53 Å². The molecule has 1 aliphatic heterocycles. The molecule has 1 fully saturated rings. The van der Waals surface area contributed by atoms with Crippen molar-refractivity contribution in [2.75, 3.05) is 50.1 Å². The largest absolute Gasteiger partial charge is 0.378 e. The molecule has 21 heavy (non-hydrogen) atoms. The van der Waals surface area contributed by atoms with Crippen molar-refractivity contribution in [3.05, 3.63) is 18.3 Å². The Balaban J connectivity index is 0.00000200. The van der Waals surface area contributed by atoms with Crippen LogP contribution in [0.2, 0.25) is 0 Å². The monoisotopic (exact) mass is 336 g/mol. The molecule has 6 nitrogen and oxygen atoms in total. The highest BCUT2D eigenvalue weighted by Gasteiger charge is 2.12. The number of nitrogens with zero attached hydrogens (tertiary/aromatic N) is 2. The third-order valence-electron chi connectivity index (χ3n) is 2.97. The first-order valence-electron chi connectivity index (χ1n) is 6.53. The second-order valence-corrected chi connectivity index (χ2v) is 4.41. The highest BCUT2D eigenvalue weighted by Crippen LogP contribution is 2.15. The van der Waals surface area contributed by atoms with E-state index < -0.39 is 0 Å². The molecule has 0 unspecified atom stereocenters. The summed E-state index contributed by atoms with van der Waals surface area (Å²) >= 11 is 0. The molecule has 0 saturated carbocycles. The standard InChI is InChI=1S/C13H20N4O2.2ClH/c1-14-5-4-13(18)16-11-2-3-12(15-10-11)17-6-8-19-9-7-17;;/h2-3,10,14H,4-9H2,1H3,(H,16,18);2*1H. The van der Waals surface area contributed by atoms with Crippen LogP contribution in [0.4, 0.5) is 11.5 Å². The van der Waals surface area contributed by atoms with Gasteiger partial charge in [-0.1, -0.05) is 0 Å². The van der Waals surface area contributed by atoms with Crippen LogP contribution >= 0.6 is 24.8 Å². The average Bonchev–Trinajstić information content (AvgIpc) is 2.47. The molecule has 2 heterocycles. The first kappa shape index (κ1) is 19.9. The summed E-state index contributed by atoms with van der Waals surface area (Å²) in [5.41, 5.74) is 0.734. The Morgan fingerprint density at radius 2 is 2.05 bits per heavy atom. The summed E-state index contributed by atoms with van der Waals surface area (Å²) in [5, 5.41) is 5.76. The van der Waals surface area contributed by atoms with Gasteiger partial charge in [-0.3, -0.25) is 4.79 Å². The molecule has 1 aliphatic rings. The minimum Gasteiger partial charge on any atom is -0.378 e. The number of carbonyl (C=O) groups is 1. The zero-order valence-corrected chi connectivity index (χ0v) is 13.6. The third kappa shape index (κ3) is 6.48. The second-order valence-electron chi connectivity index (χ2n) is 4.41. The fraction of sp³-hybridized carbons (Fsp3) is 0.538. The summed E-state index contributed by atoms with van der Waals surface area (Å²) in [6, 6.07) is 3.81. The lowest BCUT2D eigenvalue weighted by Crippen LogP contribution is -2.36. The van der Waals surface area contributed by atoms with Crippen molar-refractivity contribution in [3.8, 4) is 0 Å². The average molecular weight is 337 g/mol. The number of ether oxygens (including phenoxy) is 1. The number of halogens is 2. The quantitative estimate of drug-likeness (QED) is 0.848. The molecule has 0 bridgehead atoms. The minimum absolute atomic E-state index is 0. The molecule has 1 aromatic rings. The van der Waals surface area contributed by atoms with Gasteiger partial charge < -0.3 is 20.3 Å². The number of rotatable bonds is 5. The molecule has 0 aromatic carbocycles. The van der Waals surface area contributed by atoms with Crippen molar-refractivity contribution in [3.63, 3.8) is 0 Å². The van der Waals surface area contributed by atoms with Crippen LogP contribution in [0.15, 0.2) is 18.3 Å². The van der Waals surface area contributed by atoms with Crippen molar-refractivity contribution in [2.24, 2.45) is 0 Å². The first-order valence-corrected chi connectivity index (χ1v) is 6.53. The molecule has 0 aliphatic carbocycles. The van der Waals surface area contributed by atoms with Gasteiger partial charge in [-0.05, 0) is 19.2 Å². The van der Waals surface area contributed by atoms with Crippen LogP contribution in [0.1, 0.15) is 6.42 Å². The van der Waals surface area contributed by atoms with E-state index in [2.05, 4.69) is 20.5 Å². The molecule has 0 radical (unpaired) electrons. The summed E-state index contributed by atoms with van der Waals surface area (Å²) in [5.74, 6) is 0.923. The Hall–Kier alpha value is -1.08. The number of hydrogen-bond acceptors (Lipinski definition) is 5. The Kier molecular flexibility index (Phi) is 10.1. The predicted octanol–water partition coefficient (Wildman–Crippen LogP) is 1.31. The molecular formula is C13H22Cl2N4O2. The number of carbonyl (C=O) groups excluding carboxylic acids is 1. The van der Waals surface area contributed by atoms with E-state index in [0.717, 1.165) is 37.8 Å². The van der Waals surface area contributed by atoms with Crippen LogP contribution in [0.25, 0.3) is 0 Å². The van der Waals surface area contributed by atoms with Crippen molar-refractivity contribution >= 4 is 42.2 Å². The van der Waals surface area contributed by atoms with E-state index >= 15 is 0 Å². The Morgan fingerprint density at radius 1 is 1.33 bits per heavy atom. The van der Waals surface area contributed by atoms with E-state index in [1.54, 1.807) is 6.20 Å². The SMILES string of the molecule is CNCCC(=O)Nc1ccc(N2CCOCC2)nc1.Cl.Cl. The van der Waals surface area contributed by atoms with E-state index in [1.807, 2.05) is 19.2 Å². The van der Waals surface area contributed by atoms with Gasteiger partial charge in [0.05, 0.1) is 25.1 Å². The molecule has 1 amide bonds. The van der Waals surface area contributed by atoms with Gasteiger partial charge in [-0.2, -0.15) is 0 Å².